The zero-order valence-electron chi connectivity index (χ0n) is 8.93. The fourth-order valence-corrected chi connectivity index (χ4v) is 1.03. The molecular formula is C9H12N4O2S. The van der Waals surface area contributed by atoms with Crippen molar-refractivity contribution in [2.24, 2.45) is 10.8 Å². The molecule has 0 amide bonds. The molecule has 0 aliphatic carbocycles. The number of nitrogens with zero attached hydrogens (tertiary/aromatic N) is 2. The normalized spacial score (nSPS) is 10.1. The van der Waals surface area contributed by atoms with E-state index in [2.05, 4.69) is 27.7 Å². The molecule has 1 rings (SSSR count). The molecule has 1 aromatic rings. The van der Waals surface area contributed by atoms with E-state index < -0.39 is 0 Å². The minimum atomic E-state index is 0.0942. The summed E-state index contributed by atoms with van der Waals surface area (Å²) in [7, 11) is 3.05. The second-order valence-electron chi connectivity index (χ2n) is 2.69. The highest BCUT2D eigenvalue weighted by molar-refractivity contribution is 7.80. The highest BCUT2D eigenvalue weighted by Gasteiger charge is 2.04. The van der Waals surface area contributed by atoms with E-state index >= 15 is 0 Å². The van der Waals surface area contributed by atoms with Crippen molar-refractivity contribution in [3.05, 3.63) is 17.7 Å². The van der Waals surface area contributed by atoms with Gasteiger partial charge >= 0.3 is 0 Å². The van der Waals surface area contributed by atoms with E-state index in [0.29, 0.717) is 17.3 Å². The molecule has 0 fully saturated rings. The molecule has 0 aromatic carbocycles. The second kappa shape index (κ2) is 5.86. The maximum Gasteiger partial charge on any atom is 0.225 e. The Balaban J connectivity index is 2.87. The third-order valence-corrected chi connectivity index (χ3v) is 1.74. The predicted molar refractivity (Wildman–Crippen MR) is 64.9 cm³/mol. The van der Waals surface area contributed by atoms with Crippen LogP contribution in [0.2, 0.25) is 0 Å². The number of hydrazone groups is 1. The van der Waals surface area contributed by atoms with Gasteiger partial charge in [0, 0.05) is 6.07 Å². The Morgan fingerprint density at radius 3 is 2.81 bits per heavy atom. The van der Waals surface area contributed by atoms with Crippen molar-refractivity contribution in [3.8, 4) is 11.8 Å². The maximum atomic E-state index is 5.21. The van der Waals surface area contributed by atoms with Gasteiger partial charge in [-0.25, -0.2) is 0 Å². The number of rotatable bonds is 4. The highest BCUT2D eigenvalue weighted by Crippen LogP contribution is 2.17. The number of aromatic nitrogens is 1. The molecule has 16 heavy (non-hydrogen) atoms. The number of ether oxygens (including phenoxy) is 2. The number of methoxy groups -OCH3 is 2. The van der Waals surface area contributed by atoms with Crippen LogP contribution < -0.4 is 20.6 Å². The van der Waals surface area contributed by atoms with Gasteiger partial charge < -0.3 is 15.2 Å². The van der Waals surface area contributed by atoms with Gasteiger partial charge in [0.1, 0.15) is 0 Å². The zero-order chi connectivity index (χ0) is 12.0. The Bertz CT molecular complexity index is 408. The maximum absolute atomic E-state index is 5.21. The number of pyridine rings is 1. The molecule has 0 unspecified atom stereocenters. The van der Waals surface area contributed by atoms with Crippen molar-refractivity contribution < 1.29 is 9.47 Å². The minimum Gasteiger partial charge on any atom is -0.481 e. The van der Waals surface area contributed by atoms with Gasteiger partial charge in [-0.15, -0.1) is 0 Å². The van der Waals surface area contributed by atoms with E-state index in [-0.39, 0.29) is 5.11 Å². The summed E-state index contributed by atoms with van der Waals surface area (Å²) in [6.45, 7) is 0. The van der Waals surface area contributed by atoms with Crippen molar-refractivity contribution in [1.29, 1.82) is 0 Å². The summed E-state index contributed by atoms with van der Waals surface area (Å²) < 4.78 is 10.0. The van der Waals surface area contributed by atoms with Crippen LogP contribution in [0.5, 0.6) is 11.8 Å². The number of nitrogens with one attached hydrogen (secondary N) is 1. The summed E-state index contributed by atoms with van der Waals surface area (Å²) in [5, 5.41) is 3.90. The second-order valence-corrected chi connectivity index (χ2v) is 3.13. The van der Waals surface area contributed by atoms with Crippen LogP contribution in [0.3, 0.4) is 0 Å². The first-order valence-corrected chi connectivity index (χ1v) is 4.75. The zero-order valence-corrected chi connectivity index (χ0v) is 9.75. The lowest BCUT2D eigenvalue weighted by molar-refractivity contribution is 0.364. The van der Waals surface area contributed by atoms with Gasteiger partial charge in [0.15, 0.2) is 5.11 Å². The third-order valence-electron chi connectivity index (χ3n) is 1.65. The molecule has 0 radical (unpaired) electrons. The molecule has 0 spiro atoms. The highest BCUT2D eigenvalue weighted by atomic mass is 32.1. The van der Waals surface area contributed by atoms with Crippen LogP contribution in [-0.2, 0) is 0 Å². The molecule has 3 N–H and O–H groups in total. The Labute approximate surface area is 98.5 Å². The molecule has 0 saturated carbocycles. The van der Waals surface area contributed by atoms with Gasteiger partial charge in [0.2, 0.25) is 11.8 Å². The van der Waals surface area contributed by atoms with E-state index in [9.17, 15) is 0 Å². The predicted octanol–water partition coefficient (Wildman–Crippen LogP) is 0.266. The van der Waals surface area contributed by atoms with Crippen LogP contribution in [0.4, 0.5) is 0 Å². The van der Waals surface area contributed by atoms with Crippen molar-refractivity contribution in [1.82, 2.24) is 10.4 Å². The van der Waals surface area contributed by atoms with Gasteiger partial charge in [-0.3, -0.25) is 5.43 Å². The molecule has 86 valence electrons. The molecule has 0 saturated heterocycles. The topological polar surface area (TPSA) is 81.8 Å². The lowest BCUT2D eigenvalue weighted by Crippen LogP contribution is -2.24. The van der Waals surface area contributed by atoms with Gasteiger partial charge in [-0.05, 0) is 18.3 Å². The van der Waals surface area contributed by atoms with Crippen molar-refractivity contribution in [3.63, 3.8) is 0 Å². The van der Waals surface area contributed by atoms with Crippen LogP contribution in [0, 0.1) is 0 Å². The average Bonchev–Trinajstić information content (AvgIpc) is 2.29. The van der Waals surface area contributed by atoms with Gasteiger partial charge in [0.25, 0.3) is 0 Å². The third kappa shape index (κ3) is 3.35. The quantitative estimate of drug-likeness (QED) is 0.446. The molecule has 7 heteroatoms. The molecule has 1 aromatic heterocycles. The summed E-state index contributed by atoms with van der Waals surface area (Å²) in [4.78, 5) is 4.08. The van der Waals surface area contributed by atoms with Crippen molar-refractivity contribution in [2.45, 2.75) is 0 Å². The van der Waals surface area contributed by atoms with Crippen molar-refractivity contribution >= 4 is 23.5 Å². The Morgan fingerprint density at radius 2 is 2.25 bits per heavy atom. The molecule has 0 aliphatic rings. The number of thiocarbonyl (C=S) groups is 1. The first-order valence-electron chi connectivity index (χ1n) is 4.35. The molecular weight excluding hydrogens is 228 g/mol. The summed E-state index contributed by atoms with van der Waals surface area (Å²) in [6.07, 6.45) is 1.50. The van der Waals surface area contributed by atoms with E-state index in [4.69, 9.17) is 15.2 Å². The van der Waals surface area contributed by atoms with E-state index in [1.165, 1.54) is 20.4 Å². The lowest BCUT2D eigenvalue weighted by Gasteiger charge is -2.05. The summed E-state index contributed by atoms with van der Waals surface area (Å²) in [5.41, 5.74) is 8.34. The SMILES string of the molecule is COc1ccc(/C=N/NC(N)=S)c(OC)n1. The fourth-order valence-electron chi connectivity index (χ4n) is 0.975. The van der Waals surface area contributed by atoms with Crippen LogP contribution >= 0.6 is 12.2 Å². The lowest BCUT2D eigenvalue weighted by atomic mass is 10.3. The van der Waals surface area contributed by atoms with Gasteiger partial charge in [-0.1, -0.05) is 0 Å². The number of hydrogen-bond donors (Lipinski definition) is 2. The Hall–Kier alpha value is -1.89. The largest absolute Gasteiger partial charge is 0.481 e. The van der Waals surface area contributed by atoms with E-state index in [1.807, 2.05) is 0 Å². The Kier molecular flexibility index (Phi) is 4.46. The monoisotopic (exact) mass is 240 g/mol. The first kappa shape index (κ1) is 12.2. The van der Waals surface area contributed by atoms with E-state index in [0.717, 1.165) is 0 Å². The van der Waals surface area contributed by atoms with Gasteiger partial charge in [-0.2, -0.15) is 10.1 Å². The van der Waals surface area contributed by atoms with E-state index in [1.54, 1.807) is 12.1 Å². The standard InChI is InChI=1S/C9H12N4O2S/c1-14-7-4-3-6(8(12-7)15-2)5-11-13-9(10)16/h3-5H,1-2H3,(H3,10,13,16)/b11-5+. The van der Waals surface area contributed by atoms with Crippen LogP contribution in [0.15, 0.2) is 17.2 Å². The summed E-state index contributed by atoms with van der Waals surface area (Å²) >= 11 is 4.60. The Morgan fingerprint density at radius 1 is 1.50 bits per heavy atom. The first-order chi connectivity index (χ1) is 7.67. The van der Waals surface area contributed by atoms with Crippen LogP contribution in [0.25, 0.3) is 0 Å². The average molecular weight is 240 g/mol. The fraction of sp³-hybridized carbons (Fsp3) is 0.222. The van der Waals surface area contributed by atoms with Crippen LogP contribution in [-0.4, -0.2) is 30.5 Å². The van der Waals surface area contributed by atoms with Crippen LogP contribution in [0.1, 0.15) is 5.56 Å². The van der Waals surface area contributed by atoms with Crippen molar-refractivity contribution in [2.75, 3.05) is 14.2 Å². The smallest absolute Gasteiger partial charge is 0.225 e. The molecule has 0 atom stereocenters. The molecule has 1 heterocycles. The number of hydrogen-bond acceptors (Lipinski definition) is 5. The summed E-state index contributed by atoms with van der Waals surface area (Å²) in [6, 6.07) is 3.46. The summed E-state index contributed by atoms with van der Waals surface area (Å²) in [5.74, 6) is 0.879. The number of nitrogens with two attached hydrogens (primary N) is 1. The molecule has 0 aliphatic heterocycles. The minimum absolute atomic E-state index is 0.0942. The molecule has 0 bridgehead atoms. The van der Waals surface area contributed by atoms with Gasteiger partial charge in [0.05, 0.1) is 26.0 Å². The molecule has 6 nitrogen and oxygen atoms in total.